The van der Waals surface area contributed by atoms with E-state index in [-0.39, 0.29) is 22.8 Å². The molecule has 0 aromatic heterocycles. The Hall–Kier alpha value is -3.92. The van der Waals surface area contributed by atoms with Gasteiger partial charge in [0.25, 0.3) is 11.6 Å². The van der Waals surface area contributed by atoms with Crippen LogP contribution in [0.3, 0.4) is 0 Å². The Morgan fingerprint density at radius 2 is 1.91 bits per heavy atom. The van der Waals surface area contributed by atoms with Gasteiger partial charge in [-0.15, -0.1) is 0 Å². The molecule has 0 unspecified atom stereocenters. The number of non-ortho nitro benzene ring substituents is 1. The molecule has 0 aliphatic carbocycles. The second-order valence-electron chi connectivity index (χ2n) is 6.74. The highest BCUT2D eigenvalue weighted by atomic mass is 32.2. The fourth-order valence-electron chi connectivity index (χ4n) is 3.12. The smallest absolute Gasteiger partial charge is 0.414 e. The summed E-state index contributed by atoms with van der Waals surface area (Å²) >= 11 is 0.996. The molecule has 10 heteroatoms. The quantitative estimate of drug-likeness (QED) is 0.412. The number of rotatable bonds is 6. The summed E-state index contributed by atoms with van der Waals surface area (Å²) < 4.78 is 19.0. The fourth-order valence-corrected chi connectivity index (χ4v) is 4.07. The maximum Gasteiger partial charge on any atom is 0.414 e. The third-order valence-electron chi connectivity index (χ3n) is 4.65. The number of cyclic esters (lactones) is 1. The molecule has 0 bridgehead atoms. The van der Waals surface area contributed by atoms with Crippen molar-refractivity contribution in [3.63, 3.8) is 0 Å². The number of nitrogens with zero attached hydrogens (tertiary/aromatic N) is 2. The molecule has 0 saturated carbocycles. The first-order valence-electron chi connectivity index (χ1n) is 9.49. The zero-order chi connectivity index (χ0) is 22.7. The number of hydrogen-bond acceptors (Lipinski definition) is 6. The summed E-state index contributed by atoms with van der Waals surface area (Å²) in [7, 11) is 0. The molecule has 0 atom stereocenters. The number of hydrogen-bond donors (Lipinski definition) is 1. The highest BCUT2D eigenvalue weighted by molar-refractivity contribution is 7.99. The van der Waals surface area contributed by atoms with Crippen LogP contribution in [0, 0.1) is 15.9 Å². The number of amides is 2. The van der Waals surface area contributed by atoms with Crippen LogP contribution in [0.25, 0.3) is 0 Å². The van der Waals surface area contributed by atoms with Gasteiger partial charge in [0.1, 0.15) is 12.4 Å². The van der Waals surface area contributed by atoms with E-state index in [1.807, 2.05) is 0 Å². The second-order valence-corrected chi connectivity index (χ2v) is 7.82. The summed E-state index contributed by atoms with van der Waals surface area (Å²) in [4.78, 5) is 37.5. The van der Waals surface area contributed by atoms with Crippen molar-refractivity contribution in [2.75, 3.05) is 23.4 Å². The van der Waals surface area contributed by atoms with Crippen LogP contribution in [0.5, 0.6) is 0 Å². The van der Waals surface area contributed by atoms with Crippen molar-refractivity contribution in [2.45, 2.75) is 9.79 Å². The van der Waals surface area contributed by atoms with E-state index in [0.29, 0.717) is 22.8 Å². The molecule has 1 fully saturated rings. The van der Waals surface area contributed by atoms with Crippen molar-refractivity contribution in [3.05, 3.63) is 88.2 Å². The van der Waals surface area contributed by atoms with Crippen LogP contribution >= 0.6 is 11.8 Å². The molecule has 2 amide bonds. The van der Waals surface area contributed by atoms with Gasteiger partial charge in [0, 0.05) is 33.3 Å². The number of carbonyl (C=O) groups excluding carboxylic acids is 2. The maximum absolute atomic E-state index is 14.1. The van der Waals surface area contributed by atoms with Gasteiger partial charge in [-0.25, -0.2) is 9.18 Å². The highest BCUT2D eigenvalue weighted by Gasteiger charge is 2.24. The van der Waals surface area contributed by atoms with E-state index in [9.17, 15) is 24.1 Å². The Bertz CT molecular complexity index is 1220. The molecular formula is C22H16FN3O5S. The molecule has 3 aromatic carbocycles. The van der Waals surface area contributed by atoms with Gasteiger partial charge in [0.05, 0.1) is 17.0 Å². The summed E-state index contributed by atoms with van der Waals surface area (Å²) in [6.07, 6.45) is -0.476. The SMILES string of the molecule is O=C(Nc1cccc(N2CCOC2=O)c1)c1cc([N+](=O)[O-])ccc1Sc1ccccc1F. The molecule has 0 spiro atoms. The molecule has 4 rings (SSSR count). The van der Waals surface area contributed by atoms with E-state index < -0.39 is 22.7 Å². The minimum absolute atomic E-state index is 0.0263. The van der Waals surface area contributed by atoms with E-state index in [0.717, 1.165) is 17.8 Å². The average Bonchev–Trinajstić information content (AvgIpc) is 3.21. The van der Waals surface area contributed by atoms with E-state index >= 15 is 0 Å². The Balaban J connectivity index is 1.64. The van der Waals surface area contributed by atoms with E-state index in [2.05, 4.69) is 5.32 Å². The van der Waals surface area contributed by atoms with Gasteiger partial charge in [0.2, 0.25) is 0 Å². The van der Waals surface area contributed by atoms with Crippen LogP contribution < -0.4 is 10.2 Å². The van der Waals surface area contributed by atoms with Crippen LogP contribution in [0.1, 0.15) is 10.4 Å². The second kappa shape index (κ2) is 9.06. The van der Waals surface area contributed by atoms with Gasteiger partial charge in [-0.2, -0.15) is 0 Å². The van der Waals surface area contributed by atoms with E-state index in [4.69, 9.17) is 4.74 Å². The molecule has 3 aromatic rings. The lowest BCUT2D eigenvalue weighted by atomic mass is 10.1. The lowest BCUT2D eigenvalue weighted by molar-refractivity contribution is -0.384. The molecule has 8 nitrogen and oxygen atoms in total. The molecule has 1 heterocycles. The summed E-state index contributed by atoms with van der Waals surface area (Å²) in [5.74, 6) is -1.07. The summed E-state index contributed by atoms with van der Waals surface area (Å²) in [6.45, 7) is 0.671. The molecule has 1 aliphatic heterocycles. The van der Waals surface area contributed by atoms with Crippen molar-refractivity contribution < 1.29 is 23.6 Å². The molecule has 1 N–H and O–H groups in total. The van der Waals surface area contributed by atoms with Crippen molar-refractivity contribution in [2.24, 2.45) is 0 Å². The highest BCUT2D eigenvalue weighted by Crippen LogP contribution is 2.34. The van der Waals surface area contributed by atoms with Gasteiger partial charge in [-0.05, 0) is 36.4 Å². The number of nitrogens with one attached hydrogen (secondary N) is 1. The number of carbonyl (C=O) groups is 2. The monoisotopic (exact) mass is 453 g/mol. The summed E-state index contributed by atoms with van der Waals surface area (Å²) in [6, 6.07) is 16.5. The summed E-state index contributed by atoms with van der Waals surface area (Å²) in [5.41, 5.74) is 0.700. The van der Waals surface area contributed by atoms with Crippen molar-refractivity contribution >= 4 is 40.8 Å². The van der Waals surface area contributed by atoms with Gasteiger partial charge < -0.3 is 10.1 Å². The van der Waals surface area contributed by atoms with Gasteiger partial charge in [-0.1, -0.05) is 30.0 Å². The Morgan fingerprint density at radius 3 is 2.62 bits per heavy atom. The van der Waals surface area contributed by atoms with Crippen LogP contribution in [0.2, 0.25) is 0 Å². The summed E-state index contributed by atoms with van der Waals surface area (Å²) in [5, 5.41) is 13.9. The van der Waals surface area contributed by atoms with Crippen molar-refractivity contribution in [1.82, 2.24) is 0 Å². The lowest BCUT2D eigenvalue weighted by Gasteiger charge is -2.15. The van der Waals surface area contributed by atoms with Crippen LogP contribution in [-0.4, -0.2) is 30.1 Å². The predicted octanol–water partition coefficient (Wildman–Crippen LogP) is 5.09. The van der Waals surface area contributed by atoms with Crippen LogP contribution in [-0.2, 0) is 4.74 Å². The zero-order valence-electron chi connectivity index (χ0n) is 16.5. The average molecular weight is 453 g/mol. The first-order valence-corrected chi connectivity index (χ1v) is 10.3. The topological polar surface area (TPSA) is 102 Å². The molecule has 32 heavy (non-hydrogen) atoms. The minimum Gasteiger partial charge on any atom is -0.447 e. The van der Waals surface area contributed by atoms with Crippen molar-refractivity contribution in [3.8, 4) is 0 Å². The number of benzene rings is 3. The molecule has 0 radical (unpaired) electrons. The third kappa shape index (κ3) is 4.54. The Labute approximate surface area is 186 Å². The van der Waals surface area contributed by atoms with Crippen LogP contribution in [0.15, 0.2) is 76.5 Å². The predicted molar refractivity (Wildman–Crippen MR) is 117 cm³/mol. The van der Waals surface area contributed by atoms with Crippen molar-refractivity contribution in [1.29, 1.82) is 0 Å². The molecular weight excluding hydrogens is 437 g/mol. The molecule has 1 saturated heterocycles. The number of anilines is 2. The van der Waals surface area contributed by atoms with Crippen LogP contribution in [0.4, 0.5) is 26.2 Å². The molecule has 1 aliphatic rings. The zero-order valence-corrected chi connectivity index (χ0v) is 17.3. The molecule has 162 valence electrons. The lowest BCUT2D eigenvalue weighted by Crippen LogP contribution is -2.23. The Kier molecular flexibility index (Phi) is 6.04. The van der Waals surface area contributed by atoms with Gasteiger partial charge >= 0.3 is 6.09 Å². The largest absolute Gasteiger partial charge is 0.447 e. The van der Waals surface area contributed by atoms with Gasteiger partial charge in [-0.3, -0.25) is 19.8 Å². The number of nitro benzene ring substituents is 1. The maximum atomic E-state index is 14.1. The minimum atomic E-state index is -0.603. The fraction of sp³-hybridized carbons (Fsp3) is 0.0909. The normalized spacial score (nSPS) is 13.0. The number of ether oxygens (including phenoxy) is 1. The first kappa shape index (κ1) is 21.3. The number of halogens is 1. The third-order valence-corrected chi connectivity index (χ3v) is 5.78. The van der Waals surface area contributed by atoms with E-state index in [1.165, 1.54) is 23.1 Å². The van der Waals surface area contributed by atoms with E-state index in [1.54, 1.807) is 42.5 Å². The standard InChI is InChI=1S/C22H16FN3O5S/c23-18-6-1-2-7-20(18)32-19-9-8-16(26(29)30)13-17(19)21(27)24-14-4-3-5-15(12-14)25-10-11-31-22(25)28/h1-9,12-13H,10-11H2,(H,24,27). The Morgan fingerprint density at radius 1 is 1.09 bits per heavy atom. The first-order chi connectivity index (χ1) is 15.4. The number of nitro groups is 1. The van der Waals surface area contributed by atoms with Gasteiger partial charge in [0.15, 0.2) is 0 Å².